The molecule has 1 rings (SSSR count). The topological polar surface area (TPSA) is 20.2 Å². The van der Waals surface area contributed by atoms with Gasteiger partial charge in [-0.25, -0.2) is 0 Å². The Labute approximate surface area is 88.2 Å². The minimum Gasteiger partial charge on any atom is -0.776 e. The first kappa shape index (κ1) is 10.2. The summed E-state index contributed by atoms with van der Waals surface area (Å²) in [4.78, 5) is 0.514. The molecular formula is C7H7NaOS. The van der Waals surface area contributed by atoms with E-state index in [0.717, 1.165) is 5.56 Å². The molecule has 0 aliphatic rings. The Morgan fingerprint density at radius 1 is 1.40 bits per heavy atom. The molecule has 1 aromatic carbocycles. The Morgan fingerprint density at radius 3 is 2.40 bits per heavy atom. The van der Waals surface area contributed by atoms with Gasteiger partial charge in [-0.15, -0.1) is 4.90 Å². The fraction of sp³-hybridized carbons (Fsp3) is 0.143. The van der Waals surface area contributed by atoms with E-state index < -0.39 is 0 Å². The Balaban J connectivity index is 0.000000810. The number of hydrogen-bond donors (Lipinski definition) is 1. The van der Waals surface area contributed by atoms with Crippen molar-refractivity contribution < 1.29 is 34.7 Å². The van der Waals surface area contributed by atoms with Gasteiger partial charge in [0, 0.05) is 0 Å². The predicted octanol–water partition coefficient (Wildman–Crippen LogP) is -1.39. The van der Waals surface area contributed by atoms with E-state index in [1.165, 1.54) is 0 Å². The summed E-state index contributed by atoms with van der Waals surface area (Å²) < 4.78 is 0. The molecule has 0 radical (unpaired) electrons. The number of rotatable bonds is 0. The van der Waals surface area contributed by atoms with Crippen LogP contribution in [0.1, 0.15) is 5.56 Å². The normalized spacial score (nSPS) is 8.50. The van der Waals surface area contributed by atoms with Gasteiger partial charge in [0.15, 0.2) is 0 Å². The minimum absolute atomic E-state index is 0. The smallest absolute Gasteiger partial charge is 0.776 e. The summed E-state index contributed by atoms with van der Waals surface area (Å²) in [5.74, 6) is 0.199. The largest absolute Gasteiger partial charge is 1.00 e. The molecule has 0 saturated carbocycles. The summed E-state index contributed by atoms with van der Waals surface area (Å²) in [7, 11) is 0. The van der Waals surface area contributed by atoms with E-state index in [4.69, 9.17) is 17.7 Å². The third-order valence-corrected chi connectivity index (χ3v) is 1.46. The maximum absolute atomic E-state index is 9.00. The van der Waals surface area contributed by atoms with Crippen molar-refractivity contribution in [3.63, 3.8) is 0 Å². The fourth-order valence-electron chi connectivity index (χ4n) is 0.627. The minimum atomic E-state index is 0. The first-order chi connectivity index (χ1) is 4.20. The van der Waals surface area contributed by atoms with Gasteiger partial charge in [0.2, 0.25) is 0 Å². The second-order valence-corrected chi connectivity index (χ2v) is 2.41. The van der Waals surface area contributed by atoms with Crippen molar-refractivity contribution in [3.8, 4) is 5.75 Å². The van der Waals surface area contributed by atoms with Crippen molar-refractivity contribution >= 4 is 12.6 Å². The van der Waals surface area contributed by atoms with Gasteiger partial charge < -0.3 is 17.7 Å². The van der Waals surface area contributed by atoms with E-state index >= 15 is 0 Å². The van der Waals surface area contributed by atoms with Gasteiger partial charge in [0.25, 0.3) is 0 Å². The van der Waals surface area contributed by atoms with Gasteiger partial charge >= 0.3 is 29.6 Å². The summed E-state index contributed by atoms with van der Waals surface area (Å²) in [6, 6.07) is 5.25. The van der Waals surface area contributed by atoms with Crippen molar-refractivity contribution in [3.05, 3.63) is 23.8 Å². The molecule has 0 amide bonds. The van der Waals surface area contributed by atoms with Crippen molar-refractivity contribution in [2.75, 3.05) is 0 Å². The van der Waals surface area contributed by atoms with E-state index in [-0.39, 0.29) is 35.3 Å². The Kier molecular flexibility index (Phi) is 4.29. The van der Waals surface area contributed by atoms with Crippen LogP contribution in [0.15, 0.2) is 23.1 Å². The van der Waals surface area contributed by atoms with Crippen LogP contribution in [0.3, 0.4) is 0 Å². The van der Waals surface area contributed by atoms with Gasteiger partial charge in [-0.2, -0.15) is 0 Å². The van der Waals surface area contributed by atoms with Crippen molar-refractivity contribution in [2.24, 2.45) is 0 Å². The molecule has 0 aliphatic heterocycles. The molecule has 0 heterocycles. The molecular weight excluding hydrogens is 155 g/mol. The zero-order chi connectivity index (χ0) is 6.85. The maximum Gasteiger partial charge on any atom is 1.00 e. The number of aromatic hydroxyl groups is 1. The van der Waals surface area contributed by atoms with Gasteiger partial charge in [0.1, 0.15) is 0 Å². The van der Waals surface area contributed by atoms with Gasteiger partial charge in [-0.3, -0.25) is 0 Å². The zero-order valence-electron chi connectivity index (χ0n) is 6.09. The quantitative estimate of drug-likeness (QED) is 0.374. The van der Waals surface area contributed by atoms with Gasteiger partial charge in [-0.05, 0) is 18.6 Å². The molecule has 0 atom stereocenters. The van der Waals surface area contributed by atoms with Crippen LogP contribution in [-0.2, 0) is 12.6 Å². The van der Waals surface area contributed by atoms with Crippen LogP contribution in [-0.4, -0.2) is 5.11 Å². The van der Waals surface area contributed by atoms with E-state index in [1.54, 1.807) is 12.1 Å². The monoisotopic (exact) mass is 162 g/mol. The average Bonchev–Trinajstić information content (AvgIpc) is 1.80. The SMILES string of the molecule is Cc1ccc([S-])c(O)c1.[Na+]. The van der Waals surface area contributed by atoms with Crippen LogP contribution in [0.4, 0.5) is 0 Å². The third-order valence-electron chi connectivity index (χ3n) is 1.11. The van der Waals surface area contributed by atoms with Crippen LogP contribution in [0.5, 0.6) is 5.75 Å². The summed E-state index contributed by atoms with van der Waals surface area (Å²) in [5, 5.41) is 9.00. The number of aryl methyl sites for hydroxylation is 1. The van der Waals surface area contributed by atoms with Crippen LogP contribution in [0, 0.1) is 6.92 Å². The van der Waals surface area contributed by atoms with E-state index in [9.17, 15) is 0 Å². The van der Waals surface area contributed by atoms with Crippen LogP contribution in [0.2, 0.25) is 0 Å². The van der Waals surface area contributed by atoms with E-state index in [1.807, 2.05) is 13.0 Å². The van der Waals surface area contributed by atoms with Crippen molar-refractivity contribution in [1.29, 1.82) is 0 Å². The Hall–Kier alpha value is 0.240. The first-order valence-electron chi connectivity index (χ1n) is 2.67. The number of benzene rings is 1. The molecule has 0 aliphatic carbocycles. The fourth-order valence-corrected chi connectivity index (χ4v) is 0.754. The number of hydrogen-bond acceptors (Lipinski definition) is 2. The second-order valence-electron chi connectivity index (χ2n) is 1.97. The second kappa shape index (κ2) is 4.19. The van der Waals surface area contributed by atoms with Crippen molar-refractivity contribution in [2.45, 2.75) is 11.8 Å². The molecule has 0 bridgehead atoms. The zero-order valence-corrected chi connectivity index (χ0v) is 8.90. The Morgan fingerprint density at radius 2 is 2.00 bits per heavy atom. The van der Waals surface area contributed by atoms with Crippen LogP contribution < -0.4 is 29.6 Å². The van der Waals surface area contributed by atoms with E-state index in [0.29, 0.717) is 4.90 Å². The van der Waals surface area contributed by atoms with Crippen LogP contribution >= 0.6 is 0 Å². The predicted molar refractivity (Wildman–Crippen MR) is 38.5 cm³/mol. The van der Waals surface area contributed by atoms with E-state index in [2.05, 4.69) is 0 Å². The van der Waals surface area contributed by atoms with Gasteiger partial charge in [-0.1, -0.05) is 12.1 Å². The third kappa shape index (κ3) is 2.46. The molecule has 1 aromatic rings. The molecule has 0 fully saturated rings. The molecule has 3 heteroatoms. The maximum atomic E-state index is 9.00. The summed E-state index contributed by atoms with van der Waals surface area (Å²) >= 11 is 4.76. The standard InChI is InChI=1S/C7H8OS.Na/c1-5-2-3-7(9)6(8)4-5;/h2-4,8-9H,1H3;/q;+1/p-1. The van der Waals surface area contributed by atoms with Crippen molar-refractivity contribution in [1.82, 2.24) is 0 Å². The molecule has 10 heavy (non-hydrogen) atoms. The molecule has 1 N–H and O–H groups in total. The molecule has 0 aromatic heterocycles. The molecule has 1 nitrogen and oxygen atoms in total. The molecule has 0 saturated heterocycles. The van der Waals surface area contributed by atoms with Gasteiger partial charge in [0.05, 0.1) is 5.75 Å². The molecule has 0 spiro atoms. The Bertz CT molecular complexity index is 225. The molecule has 0 unspecified atom stereocenters. The summed E-state index contributed by atoms with van der Waals surface area (Å²) in [6.45, 7) is 1.91. The average molecular weight is 162 g/mol. The number of phenolic OH excluding ortho intramolecular Hbond substituents is 1. The number of phenols is 1. The molecule has 48 valence electrons. The van der Waals surface area contributed by atoms with Crippen LogP contribution in [0.25, 0.3) is 0 Å². The summed E-state index contributed by atoms with van der Waals surface area (Å²) in [5.41, 5.74) is 1.03. The summed E-state index contributed by atoms with van der Waals surface area (Å²) in [6.07, 6.45) is 0. The first-order valence-corrected chi connectivity index (χ1v) is 3.07.